The standard InChI is InChI=1S/C14H23N3O2/c18-10-13-4-2-1-3-12(13)9-16-14(19)5-7-17-8-6-15-11-17/h6,8,11-13,18H,1-5,7,9-10H2,(H,16,19). The lowest BCUT2D eigenvalue weighted by atomic mass is 9.79. The zero-order valence-corrected chi connectivity index (χ0v) is 11.3. The summed E-state index contributed by atoms with van der Waals surface area (Å²) in [5.41, 5.74) is 0. The second-order valence-electron chi connectivity index (χ2n) is 5.34. The van der Waals surface area contributed by atoms with Gasteiger partial charge < -0.3 is 15.0 Å². The molecule has 0 aromatic carbocycles. The first-order valence-corrected chi connectivity index (χ1v) is 7.13. The van der Waals surface area contributed by atoms with E-state index in [1.54, 1.807) is 12.5 Å². The number of hydrogen-bond acceptors (Lipinski definition) is 3. The Morgan fingerprint density at radius 1 is 1.37 bits per heavy atom. The summed E-state index contributed by atoms with van der Waals surface area (Å²) < 4.78 is 1.90. The molecule has 0 spiro atoms. The zero-order chi connectivity index (χ0) is 13.5. The molecule has 106 valence electrons. The lowest BCUT2D eigenvalue weighted by Gasteiger charge is -2.30. The van der Waals surface area contributed by atoms with Crippen LogP contribution in [0.5, 0.6) is 0 Å². The summed E-state index contributed by atoms with van der Waals surface area (Å²) in [5.74, 6) is 0.884. The van der Waals surface area contributed by atoms with E-state index in [1.807, 2.05) is 10.8 Å². The monoisotopic (exact) mass is 265 g/mol. The number of nitrogens with one attached hydrogen (secondary N) is 1. The average molecular weight is 265 g/mol. The van der Waals surface area contributed by atoms with Crippen LogP contribution in [0.15, 0.2) is 18.7 Å². The second kappa shape index (κ2) is 7.28. The van der Waals surface area contributed by atoms with Gasteiger partial charge in [-0.25, -0.2) is 4.98 Å². The zero-order valence-electron chi connectivity index (χ0n) is 11.3. The van der Waals surface area contributed by atoms with E-state index >= 15 is 0 Å². The Morgan fingerprint density at radius 3 is 2.84 bits per heavy atom. The van der Waals surface area contributed by atoms with Crippen molar-refractivity contribution >= 4 is 5.91 Å². The van der Waals surface area contributed by atoms with Crippen LogP contribution in [0.1, 0.15) is 32.1 Å². The van der Waals surface area contributed by atoms with E-state index in [0.717, 1.165) is 12.8 Å². The van der Waals surface area contributed by atoms with Gasteiger partial charge in [0.1, 0.15) is 0 Å². The average Bonchev–Trinajstić information content (AvgIpc) is 2.96. The maximum Gasteiger partial charge on any atom is 0.221 e. The lowest BCUT2D eigenvalue weighted by molar-refractivity contribution is -0.121. The van der Waals surface area contributed by atoms with Gasteiger partial charge in [0.15, 0.2) is 0 Å². The van der Waals surface area contributed by atoms with Gasteiger partial charge >= 0.3 is 0 Å². The third-order valence-corrected chi connectivity index (χ3v) is 4.02. The predicted molar refractivity (Wildman–Crippen MR) is 72.4 cm³/mol. The van der Waals surface area contributed by atoms with Crippen LogP contribution in [0.4, 0.5) is 0 Å². The molecule has 1 aromatic rings. The number of hydrogen-bond donors (Lipinski definition) is 2. The van der Waals surface area contributed by atoms with E-state index < -0.39 is 0 Å². The number of aliphatic hydroxyl groups is 1. The fourth-order valence-corrected chi connectivity index (χ4v) is 2.78. The molecule has 5 nitrogen and oxygen atoms in total. The maximum absolute atomic E-state index is 11.8. The number of imidazole rings is 1. The summed E-state index contributed by atoms with van der Waals surface area (Å²) in [7, 11) is 0. The van der Waals surface area contributed by atoms with E-state index in [4.69, 9.17) is 0 Å². The minimum atomic E-state index is 0.0796. The Labute approximate surface area is 114 Å². The molecular weight excluding hydrogens is 242 g/mol. The molecular formula is C14H23N3O2. The number of aromatic nitrogens is 2. The van der Waals surface area contributed by atoms with Gasteiger partial charge in [-0.2, -0.15) is 0 Å². The van der Waals surface area contributed by atoms with Gasteiger partial charge in [-0.15, -0.1) is 0 Å². The van der Waals surface area contributed by atoms with E-state index in [-0.39, 0.29) is 12.5 Å². The van der Waals surface area contributed by atoms with Crippen LogP contribution in [-0.4, -0.2) is 33.7 Å². The molecule has 5 heteroatoms. The summed E-state index contributed by atoms with van der Waals surface area (Å²) in [4.78, 5) is 15.7. The summed E-state index contributed by atoms with van der Waals surface area (Å²) >= 11 is 0. The third kappa shape index (κ3) is 4.35. The van der Waals surface area contributed by atoms with Gasteiger partial charge in [0.2, 0.25) is 5.91 Å². The van der Waals surface area contributed by atoms with Crippen molar-refractivity contribution in [2.24, 2.45) is 11.8 Å². The normalized spacial score (nSPS) is 23.2. The van der Waals surface area contributed by atoms with Gasteiger partial charge in [-0.05, 0) is 24.7 Å². The topological polar surface area (TPSA) is 67.2 Å². The van der Waals surface area contributed by atoms with Gasteiger partial charge in [-0.3, -0.25) is 4.79 Å². The van der Waals surface area contributed by atoms with Gasteiger partial charge in [0, 0.05) is 38.5 Å². The molecule has 2 unspecified atom stereocenters. The Morgan fingerprint density at radius 2 is 2.16 bits per heavy atom. The molecule has 19 heavy (non-hydrogen) atoms. The first kappa shape index (κ1) is 14.1. The number of nitrogens with zero attached hydrogens (tertiary/aromatic N) is 2. The van der Waals surface area contributed by atoms with Crippen molar-refractivity contribution in [3.05, 3.63) is 18.7 Å². The van der Waals surface area contributed by atoms with E-state index in [1.165, 1.54) is 12.8 Å². The van der Waals surface area contributed by atoms with Crippen molar-refractivity contribution in [2.75, 3.05) is 13.2 Å². The van der Waals surface area contributed by atoms with Crippen molar-refractivity contribution in [1.82, 2.24) is 14.9 Å². The minimum absolute atomic E-state index is 0.0796. The van der Waals surface area contributed by atoms with Crippen molar-refractivity contribution in [3.63, 3.8) is 0 Å². The number of rotatable bonds is 6. The Bertz CT molecular complexity index is 378. The van der Waals surface area contributed by atoms with Crippen LogP contribution in [0.25, 0.3) is 0 Å². The molecule has 0 bridgehead atoms. The fraction of sp³-hybridized carbons (Fsp3) is 0.714. The molecule has 2 atom stereocenters. The van der Waals surface area contributed by atoms with E-state index in [0.29, 0.717) is 31.3 Å². The molecule has 1 saturated carbocycles. The number of aryl methyl sites for hydroxylation is 1. The first-order valence-electron chi connectivity index (χ1n) is 7.13. The molecule has 1 aliphatic carbocycles. The predicted octanol–water partition coefficient (Wildman–Crippen LogP) is 1.19. The van der Waals surface area contributed by atoms with Crippen LogP contribution >= 0.6 is 0 Å². The molecule has 1 amide bonds. The number of carbonyl (C=O) groups is 1. The van der Waals surface area contributed by atoms with E-state index in [9.17, 15) is 9.90 Å². The van der Waals surface area contributed by atoms with Gasteiger partial charge in [0.05, 0.1) is 6.33 Å². The smallest absolute Gasteiger partial charge is 0.221 e. The van der Waals surface area contributed by atoms with Gasteiger partial charge in [0.25, 0.3) is 0 Å². The Kier molecular flexibility index (Phi) is 5.39. The molecule has 1 fully saturated rings. The molecule has 2 rings (SSSR count). The Hall–Kier alpha value is -1.36. The summed E-state index contributed by atoms with van der Waals surface area (Å²) in [6.07, 6.45) is 10.4. The highest BCUT2D eigenvalue weighted by Crippen LogP contribution is 2.28. The van der Waals surface area contributed by atoms with Crippen molar-refractivity contribution < 1.29 is 9.90 Å². The molecule has 1 aliphatic rings. The highest BCUT2D eigenvalue weighted by atomic mass is 16.3. The van der Waals surface area contributed by atoms with Gasteiger partial charge in [-0.1, -0.05) is 12.8 Å². The van der Waals surface area contributed by atoms with Crippen molar-refractivity contribution in [1.29, 1.82) is 0 Å². The number of amides is 1. The largest absolute Gasteiger partial charge is 0.396 e. The maximum atomic E-state index is 11.8. The van der Waals surface area contributed by atoms with Crippen LogP contribution < -0.4 is 5.32 Å². The molecule has 1 heterocycles. The van der Waals surface area contributed by atoms with Crippen molar-refractivity contribution in [2.45, 2.75) is 38.6 Å². The molecule has 1 aromatic heterocycles. The highest BCUT2D eigenvalue weighted by molar-refractivity contribution is 5.75. The summed E-state index contributed by atoms with van der Waals surface area (Å²) in [5, 5.41) is 12.3. The third-order valence-electron chi connectivity index (χ3n) is 4.02. The molecule has 0 saturated heterocycles. The first-order chi connectivity index (χ1) is 9.29. The molecule has 0 aliphatic heterocycles. The van der Waals surface area contributed by atoms with Crippen LogP contribution in [-0.2, 0) is 11.3 Å². The SMILES string of the molecule is O=C(CCn1ccnc1)NCC1CCCCC1CO. The second-order valence-corrected chi connectivity index (χ2v) is 5.34. The van der Waals surface area contributed by atoms with Crippen LogP contribution in [0.3, 0.4) is 0 Å². The molecule has 0 radical (unpaired) electrons. The fourth-order valence-electron chi connectivity index (χ4n) is 2.78. The Balaban J connectivity index is 1.67. The minimum Gasteiger partial charge on any atom is -0.396 e. The van der Waals surface area contributed by atoms with Crippen molar-refractivity contribution in [3.8, 4) is 0 Å². The molecule has 2 N–H and O–H groups in total. The summed E-state index contributed by atoms with van der Waals surface area (Å²) in [6, 6.07) is 0. The summed E-state index contributed by atoms with van der Waals surface area (Å²) in [6.45, 7) is 1.61. The van der Waals surface area contributed by atoms with Crippen LogP contribution in [0.2, 0.25) is 0 Å². The highest BCUT2D eigenvalue weighted by Gasteiger charge is 2.24. The van der Waals surface area contributed by atoms with E-state index in [2.05, 4.69) is 10.3 Å². The number of carbonyl (C=O) groups excluding carboxylic acids is 1. The van der Waals surface area contributed by atoms with Crippen LogP contribution in [0, 0.1) is 11.8 Å². The quantitative estimate of drug-likeness (QED) is 0.812. The lowest BCUT2D eigenvalue weighted by Crippen LogP contribution is -2.35. The number of aliphatic hydroxyl groups excluding tert-OH is 1.